The van der Waals surface area contributed by atoms with Crippen LogP contribution in [0.3, 0.4) is 0 Å². The summed E-state index contributed by atoms with van der Waals surface area (Å²) in [6.07, 6.45) is 3.92. The Bertz CT molecular complexity index is 401. The van der Waals surface area contributed by atoms with Crippen molar-refractivity contribution in [2.45, 2.75) is 45.6 Å². The molecule has 2 N–H and O–H groups in total. The molecule has 0 aromatic heterocycles. The van der Waals surface area contributed by atoms with Crippen LogP contribution in [0, 0.1) is 5.82 Å². The second-order valence-corrected chi connectivity index (χ2v) is 4.42. The zero-order chi connectivity index (χ0) is 13.5. The van der Waals surface area contributed by atoms with E-state index in [0.717, 1.165) is 25.7 Å². The highest BCUT2D eigenvalue weighted by Gasteiger charge is 2.12. The van der Waals surface area contributed by atoms with E-state index in [1.807, 2.05) is 0 Å². The third-order valence-corrected chi connectivity index (χ3v) is 2.85. The lowest BCUT2D eigenvalue weighted by atomic mass is 10.1. The predicted octanol–water partition coefficient (Wildman–Crippen LogP) is 3.90. The van der Waals surface area contributed by atoms with E-state index in [1.54, 1.807) is 0 Å². The Balaban J connectivity index is 2.86. The topological polar surface area (TPSA) is 49.3 Å². The molecule has 18 heavy (non-hydrogen) atoms. The smallest absolute Gasteiger partial charge is 0.335 e. The number of carboxylic acid groups (broad SMARTS) is 1. The second-order valence-electron chi connectivity index (χ2n) is 4.42. The van der Waals surface area contributed by atoms with Gasteiger partial charge in [-0.2, -0.15) is 0 Å². The van der Waals surface area contributed by atoms with Crippen LogP contribution >= 0.6 is 0 Å². The first-order valence-electron chi connectivity index (χ1n) is 6.37. The van der Waals surface area contributed by atoms with Crippen LogP contribution in [0.5, 0.6) is 0 Å². The zero-order valence-electron chi connectivity index (χ0n) is 10.9. The van der Waals surface area contributed by atoms with Crippen LogP contribution in [0.2, 0.25) is 0 Å². The van der Waals surface area contributed by atoms with E-state index in [0.29, 0.717) is 0 Å². The largest absolute Gasteiger partial charge is 0.478 e. The molecule has 4 heteroatoms. The van der Waals surface area contributed by atoms with Crippen molar-refractivity contribution in [3.8, 4) is 0 Å². The standard InChI is InChI=1S/C14H20FNO2/c1-3-5-11(6-4-2)16-13-9-10(14(17)18)7-8-12(13)15/h7-9,11,16H,3-6H2,1-2H3,(H,17,18). The van der Waals surface area contributed by atoms with Crippen LogP contribution in [0.4, 0.5) is 10.1 Å². The molecule has 0 fully saturated rings. The van der Waals surface area contributed by atoms with Gasteiger partial charge in [0.15, 0.2) is 0 Å². The molecule has 100 valence electrons. The van der Waals surface area contributed by atoms with Gasteiger partial charge in [-0.05, 0) is 31.0 Å². The third kappa shape index (κ3) is 4.02. The number of halogens is 1. The number of nitrogens with one attached hydrogen (secondary N) is 1. The minimum Gasteiger partial charge on any atom is -0.478 e. The van der Waals surface area contributed by atoms with Gasteiger partial charge in [-0.15, -0.1) is 0 Å². The summed E-state index contributed by atoms with van der Waals surface area (Å²) in [4.78, 5) is 10.9. The van der Waals surface area contributed by atoms with Crippen molar-refractivity contribution < 1.29 is 14.3 Å². The summed E-state index contributed by atoms with van der Waals surface area (Å²) in [6, 6.07) is 4.02. The molecule has 0 bridgehead atoms. The number of aromatic carboxylic acids is 1. The highest BCUT2D eigenvalue weighted by molar-refractivity contribution is 5.88. The van der Waals surface area contributed by atoms with Crippen LogP contribution in [0.15, 0.2) is 18.2 Å². The van der Waals surface area contributed by atoms with Gasteiger partial charge in [-0.1, -0.05) is 26.7 Å². The number of hydrogen-bond donors (Lipinski definition) is 2. The summed E-state index contributed by atoms with van der Waals surface area (Å²) < 4.78 is 13.6. The molecule has 0 saturated carbocycles. The molecule has 3 nitrogen and oxygen atoms in total. The molecule has 0 unspecified atom stereocenters. The third-order valence-electron chi connectivity index (χ3n) is 2.85. The fourth-order valence-corrected chi connectivity index (χ4v) is 1.97. The van der Waals surface area contributed by atoms with E-state index in [2.05, 4.69) is 19.2 Å². The minimum absolute atomic E-state index is 0.102. The van der Waals surface area contributed by atoms with Crippen LogP contribution in [0.1, 0.15) is 49.9 Å². The number of hydrogen-bond acceptors (Lipinski definition) is 2. The number of carbonyl (C=O) groups is 1. The lowest BCUT2D eigenvalue weighted by Gasteiger charge is -2.19. The van der Waals surface area contributed by atoms with Crippen molar-refractivity contribution in [2.75, 3.05) is 5.32 Å². The average Bonchev–Trinajstić information content (AvgIpc) is 2.32. The summed E-state index contributed by atoms with van der Waals surface area (Å²) >= 11 is 0. The molecule has 0 saturated heterocycles. The normalized spacial score (nSPS) is 10.7. The Morgan fingerprint density at radius 1 is 1.33 bits per heavy atom. The van der Waals surface area contributed by atoms with Crippen LogP contribution in [-0.2, 0) is 0 Å². The molecule has 0 aliphatic heterocycles. The second kappa shape index (κ2) is 6.99. The number of anilines is 1. The maximum atomic E-state index is 13.6. The van der Waals surface area contributed by atoms with Crippen molar-refractivity contribution in [2.24, 2.45) is 0 Å². The molecular formula is C14H20FNO2. The van der Waals surface area contributed by atoms with Gasteiger partial charge < -0.3 is 10.4 Å². The van der Waals surface area contributed by atoms with Crippen molar-refractivity contribution in [1.29, 1.82) is 0 Å². The van der Waals surface area contributed by atoms with Crippen molar-refractivity contribution in [3.63, 3.8) is 0 Å². The fourth-order valence-electron chi connectivity index (χ4n) is 1.97. The molecule has 0 spiro atoms. The molecule has 0 heterocycles. The monoisotopic (exact) mass is 253 g/mol. The first-order valence-corrected chi connectivity index (χ1v) is 6.37. The van der Waals surface area contributed by atoms with Gasteiger partial charge >= 0.3 is 5.97 Å². The molecule has 0 atom stereocenters. The lowest BCUT2D eigenvalue weighted by Crippen LogP contribution is -2.20. The summed E-state index contributed by atoms with van der Waals surface area (Å²) in [5, 5.41) is 12.0. The molecule has 1 rings (SSSR count). The lowest BCUT2D eigenvalue weighted by molar-refractivity contribution is 0.0697. The summed E-state index contributed by atoms with van der Waals surface area (Å²) in [5.74, 6) is -1.45. The predicted molar refractivity (Wildman–Crippen MR) is 70.6 cm³/mol. The van der Waals surface area contributed by atoms with Crippen molar-refractivity contribution >= 4 is 11.7 Å². The van der Waals surface area contributed by atoms with Gasteiger partial charge in [0, 0.05) is 6.04 Å². The first-order chi connectivity index (χ1) is 8.58. The molecule has 1 aromatic rings. The molecule has 0 radical (unpaired) electrons. The minimum atomic E-state index is -1.04. The fraction of sp³-hybridized carbons (Fsp3) is 0.500. The summed E-state index contributed by atoms with van der Waals surface area (Å²) in [6.45, 7) is 4.16. The maximum absolute atomic E-state index is 13.6. The van der Waals surface area contributed by atoms with Gasteiger partial charge in [0.25, 0.3) is 0 Å². The highest BCUT2D eigenvalue weighted by atomic mass is 19.1. The number of benzene rings is 1. The average molecular weight is 253 g/mol. The van der Waals surface area contributed by atoms with Gasteiger partial charge in [-0.25, -0.2) is 9.18 Å². The SMILES string of the molecule is CCCC(CCC)Nc1cc(C(=O)O)ccc1F. The molecule has 1 aromatic carbocycles. The van der Waals surface area contributed by atoms with Gasteiger partial charge in [0.2, 0.25) is 0 Å². The Morgan fingerprint density at radius 3 is 2.44 bits per heavy atom. The van der Waals surface area contributed by atoms with Gasteiger partial charge in [0.1, 0.15) is 5.82 Å². The van der Waals surface area contributed by atoms with E-state index in [1.165, 1.54) is 18.2 Å². The Kier molecular flexibility index (Phi) is 5.62. The van der Waals surface area contributed by atoms with Crippen molar-refractivity contribution in [1.82, 2.24) is 0 Å². The summed E-state index contributed by atoms with van der Waals surface area (Å²) in [7, 11) is 0. The van der Waals surface area contributed by atoms with Gasteiger partial charge in [-0.3, -0.25) is 0 Å². The van der Waals surface area contributed by atoms with Crippen molar-refractivity contribution in [3.05, 3.63) is 29.6 Å². The van der Waals surface area contributed by atoms with Crippen LogP contribution < -0.4 is 5.32 Å². The van der Waals surface area contributed by atoms with Gasteiger partial charge in [0.05, 0.1) is 11.3 Å². The zero-order valence-corrected chi connectivity index (χ0v) is 10.9. The first kappa shape index (κ1) is 14.5. The van der Waals surface area contributed by atoms with Crippen LogP contribution in [0.25, 0.3) is 0 Å². The highest BCUT2D eigenvalue weighted by Crippen LogP contribution is 2.20. The quantitative estimate of drug-likeness (QED) is 0.774. The van der Waals surface area contributed by atoms with E-state index >= 15 is 0 Å². The van der Waals surface area contributed by atoms with Crippen LogP contribution in [-0.4, -0.2) is 17.1 Å². The molecule has 0 amide bonds. The number of rotatable bonds is 7. The van der Waals surface area contributed by atoms with E-state index in [9.17, 15) is 9.18 Å². The number of carboxylic acids is 1. The molecule has 0 aliphatic carbocycles. The van der Waals surface area contributed by atoms with E-state index in [4.69, 9.17) is 5.11 Å². The molecular weight excluding hydrogens is 233 g/mol. The van der Waals surface area contributed by atoms with E-state index in [-0.39, 0.29) is 17.3 Å². The Hall–Kier alpha value is -1.58. The summed E-state index contributed by atoms with van der Waals surface area (Å²) in [5.41, 5.74) is 0.382. The maximum Gasteiger partial charge on any atom is 0.335 e. The Morgan fingerprint density at radius 2 is 1.94 bits per heavy atom. The van der Waals surface area contributed by atoms with E-state index < -0.39 is 11.8 Å². The molecule has 0 aliphatic rings. The Labute approximate surface area is 107 Å².